The molecule has 0 atom stereocenters. The molecule has 0 heterocycles. The summed E-state index contributed by atoms with van der Waals surface area (Å²) in [7, 11) is 4.06. The Bertz CT molecular complexity index is 1300. The summed E-state index contributed by atoms with van der Waals surface area (Å²) in [4.78, 5) is 17.1. The number of hydrogen-bond donors (Lipinski definition) is 1. The third-order valence-corrected chi connectivity index (χ3v) is 6.72. The fourth-order valence-corrected chi connectivity index (χ4v) is 4.37. The number of carbonyl (C=O) groups is 1. The van der Waals surface area contributed by atoms with Crippen LogP contribution in [-0.4, -0.2) is 49.4 Å². The van der Waals surface area contributed by atoms with Gasteiger partial charge in [0.25, 0.3) is 0 Å². The maximum atomic E-state index is 13.0. The summed E-state index contributed by atoms with van der Waals surface area (Å²) >= 11 is 0. The van der Waals surface area contributed by atoms with Gasteiger partial charge in [-0.2, -0.15) is 0 Å². The van der Waals surface area contributed by atoms with Crippen molar-refractivity contribution in [3.8, 4) is 11.1 Å². The molecule has 200 valence electrons. The predicted octanol–water partition coefficient (Wildman–Crippen LogP) is 6.29. The summed E-state index contributed by atoms with van der Waals surface area (Å²) in [6.07, 6.45) is 4.60. The molecule has 4 aromatic carbocycles. The molecule has 0 radical (unpaired) electrons. The van der Waals surface area contributed by atoms with E-state index in [1.165, 1.54) is 22.3 Å². The lowest BCUT2D eigenvalue weighted by molar-refractivity contribution is -0.126. The molecule has 4 rings (SSSR count). The van der Waals surface area contributed by atoms with Crippen molar-refractivity contribution in [2.75, 3.05) is 33.7 Å². The lowest BCUT2D eigenvalue weighted by atomic mass is 10.0. The fourth-order valence-electron chi connectivity index (χ4n) is 4.37. The molecule has 4 nitrogen and oxygen atoms in total. The molecule has 0 spiro atoms. The van der Waals surface area contributed by atoms with E-state index >= 15 is 0 Å². The summed E-state index contributed by atoms with van der Waals surface area (Å²) < 4.78 is 0. The summed E-state index contributed by atoms with van der Waals surface area (Å²) in [5.41, 5.74) is 7.16. The van der Waals surface area contributed by atoms with Crippen molar-refractivity contribution < 1.29 is 4.79 Å². The number of nitrogens with zero attached hydrogens (tertiary/aromatic N) is 2. The normalized spacial score (nSPS) is 11.3. The number of nitrogens with one attached hydrogen (secondary N) is 1. The van der Waals surface area contributed by atoms with Crippen LogP contribution in [0.5, 0.6) is 0 Å². The number of carbonyl (C=O) groups excluding carboxylic acids is 1. The van der Waals surface area contributed by atoms with Gasteiger partial charge in [-0.15, -0.1) is 0 Å². The smallest absolute Gasteiger partial charge is 0.246 e. The van der Waals surface area contributed by atoms with E-state index in [0.717, 1.165) is 37.2 Å². The minimum atomic E-state index is 0.0257. The minimum Gasteiger partial charge on any atom is -0.334 e. The summed E-state index contributed by atoms with van der Waals surface area (Å²) in [6.45, 7) is 3.90. The first-order valence-electron chi connectivity index (χ1n) is 13.7. The molecule has 0 fully saturated rings. The monoisotopic (exact) mass is 517 g/mol. The van der Waals surface area contributed by atoms with Crippen LogP contribution in [0.1, 0.15) is 22.3 Å². The van der Waals surface area contributed by atoms with Gasteiger partial charge >= 0.3 is 0 Å². The van der Waals surface area contributed by atoms with Crippen LogP contribution < -0.4 is 5.32 Å². The second kappa shape index (κ2) is 14.8. The van der Waals surface area contributed by atoms with Gasteiger partial charge in [0, 0.05) is 32.3 Å². The van der Waals surface area contributed by atoms with E-state index in [4.69, 9.17) is 0 Å². The maximum absolute atomic E-state index is 13.0. The predicted molar refractivity (Wildman–Crippen MR) is 163 cm³/mol. The van der Waals surface area contributed by atoms with Crippen LogP contribution in [0.25, 0.3) is 17.2 Å². The van der Waals surface area contributed by atoms with Gasteiger partial charge in [-0.05, 0) is 66.5 Å². The second-order valence-corrected chi connectivity index (χ2v) is 10.1. The van der Waals surface area contributed by atoms with Gasteiger partial charge < -0.3 is 15.1 Å². The zero-order valence-electron chi connectivity index (χ0n) is 23.1. The van der Waals surface area contributed by atoms with Crippen LogP contribution in [0.3, 0.4) is 0 Å². The zero-order chi connectivity index (χ0) is 27.3. The van der Waals surface area contributed by atoms with E-state index in [1.807, 2.05) is 55.4 Å². The Hall–Kier alpha value is -3.99. The third-order valence-electron chi connectivity index (χ3n) is 6.72. The van der Waals surface area contributed by atoms with Gasteiger partial charge in [-0.1, -0.05) is 109 Å². The molecule has 0 aliphatic carbocycles. The van der Waals surface area contributed by atoms with Crippen LogP contribution in [0, 0.1) is 0 Å². The molecule has 0 saturated heterocycles. The standard InChI is InChI=1S/C35H39N3O/c1-37(2)25-26-38(35(39)22-17-29-9-5-3-6-10-29)28-32-15-20-34(21-16-32)33-18-13-31(14-19-33)27-36-24-23-30-11-7-4-8-12-30/h3-22,36H,23-28H2,1-2H3/b22-17+. The first kappa shape index (κ1) is 28.0. The van der Waals surface area contributed by atoms with Crippen LogP contribution in [0.4, 0.5) is 0 Å². The molecule has 4 heteroatoms. The molecule has 4 aromatic rings. The van der Waals surface area contributed by atoms with E-state index in [0.29, 0.717) is 13.1 Å². The van der Waals surface area contributed by atoms with Crippen molar-refractivity contribution in [1.82, 2.24) is 15.1 Å². The van der Waals surface area contributed by atoms with Crippen LogP contribution in [0.2, 0.25) is 0 Å². The summed E-state index contributed by atoms with van der Waals surface area (Å²) in [6, 6.07) is 37.8. The summed E-state index contributed by atoms with van der Waals surface area (Å²) in [5, 5.41) is 3.54. The average molecular weight is 518 g/mol. The quantitative estimate of drug-likeness (QED) is 0.167. The van der Waals surface area contributed by atoms with E-state index in [1.54, 1.807) is 6.08 Å². The van der Waals surface area contributed by atoms with Crippen LogP contribution in [-0.2, 0) is 24.3 Å². The molecule has 0 unspecified atom stereocenters. The molecule has 1 N–H and O–H groups in total. The maximum Gasteiger partial charge on any atom is 0.246 e. The van der Waals surface area contributed by atoms with Gasteiger partial charge in [-0.3, -0.25) is 4.79 Å². The Morgan fingerprint density at radius 1 is 0.692 bits per heavy atom. The highest BCUT2D eigenvalue weighted by Crippen LogP contribution is 2.21. The molecular formula is C35H39N3O. The van der Waals surface area contributed by atoms with E-state index < -0.39 is 0 Å². The van der Waals surface area contributed by atoms with Crippen LogP contribution in [0.15, 0.2) is 115 Å². The molecular weight excluding hydrogens is 478 g/mol. The van der Waals surface area contributed by atoms with Gasteiger partial charge in [0.05, 0.1) is 0 Å². The molecule has 39 heavy (non-hydrogen) atoms. The Morgan fingerprint density at radius 2 is 1.28 bits per heavy atom. The zero-order valence-corrected chi connectivity index (χ0v) is 23.1. The van der Waals surface area contributed by atoms with Gasteiger partial charge in [-0.25, -0.2) is 0 Å². The highest BCUT2D eigenvalue weighted by Gasteiger charge is 2.12. The largest absolute Gasteiger partial charge is 0.334 e. The molecule has 0 bridgehead atoms. The number of likely N-dealkylation sites (N-methyl/N-ethyl adjacent to an activating group) is 1. The van der Waals surface area contributed by atoms with Crippen molar-refractivity contribution in [3.05, 3.63) is 138 Å². The molecule has 0 aromatic heterocycles. The van der Waals surface area contributed by atoms with E-state index in [2.05, 4.69) is 89.1 Å². The fraction of sp³-hybridized carbons (Fsp3) is 0.229. The molecule has 0 aliphatic rings. The van der Waals surface area contributed by atoms with Gasteiger partial charge in [0.2, 0.25) is 5.91 Å². The Kier molecular flexibility index (Phi) is 10.6. The van der Waals surface area contributed by atoms with Crippen molar-refractivity contribution in [3.63, 3.8) is 0 Å². The number of hydrogen-bond acceptors (Lipinski definition) is 3. The number of benzene rings is 4. The average Bonchev–Trinajstić information content (AvgIpc) is 2.98. The van der Waals surface area contributed by atoms with Gasteiger partial charge in [0.15, 0.2) is 0 Å². The number of amides is 1. The van der Waals surface area contributed by atoms with E-state index in [9.17, 15) is 4.79 Å². The van der Waals surface area contributed by atoms with Crippen molar-refractivity contribution >= 4 is 12.0 Å². The van der Waals surface area contributed by atoms with Crippen molar-refractivity contribution in [2.45, 2.75) is 19.5 Å². The summed E-state index contributed by atoms with van der Waals surface area (Å²) in [5.74, 6) is 0.0257. The van der Waals surface area contributed by atoms with Crippen LogP contribution >= 0.6 is 0 Å². The Balaban J connectivity index is 1.32. The second-order valence-electron chi connectivity index (χ2n) is 10.1. The third kappa shape index (κ3) is 9.36. The number of rotatable bonds is 13. The first-order chi connectivity index (χ1) is 19.1. The highest BCUT2D eigenvalue weighted by atomic mass is 16.2. The molecule has 1 amide bonds. The lowest BCUT2D eigenvalue weighted by Gasteiger charge is -2.23. The van der Waals surface area contributed by atoms with E-state index in [-0.39, 0.29) is 5.91 Å². The SMILES string of the molecule is CN(C)CCN(Cc1ccc(-c2ccc(CNCCc3ccccc3)cc2)cc1)C(=O)/C=C/c1ccccc1. The molecule has 0 saturated carbocycles. The Labute approximate surface area is 233 Å². The first-order valence-corrected chi connectivity index (χ1v) is 13.7. The topological polar surface area (TPSA) is 35.6 Å². The lowest BCUT2D eigenvalue weighted by Crippen LogP contribution is -2.35. The van der Waals surface area contributed by atoms with Crippen molar-refractivity contribution in [1.29, 1.82) is 0 Å². The van der Waals surface area contributed by atoms with Crippen molar-refractivity contribution in [2.24, 2.45) is 0 Å². The molecule has 0 aliphatic heterocycles. The highest BCUT2D eigenvalue weighted by molar-refractivity contribution is 5.91. The Morgan fingerprint density at radius 3 is 1.90 bits per heavy atom. The van der Waals surface area contributed by atoms with Gasteiger partial charge in [0.1, 0.15) is 0 Å². The minimum absolute atomic E-state index is 0.0257.